The van der Waals surface area contributed by atoms with Gasteiger partial charge >= 0.3 is 12.4 Å². The molecule has 5 nitrogen and oxygen atoms in total. The van der Waals surface area contributed by atoms with Gasteiger partial charge in [0.05, 0.1) is 18.7 Å². The van der Waals surface area contributed by atoms with E-state index in [9.17, 15) is 31.1 Å². The normalized spacial score (nSPS) is 14.6. The highest BCUT2D eigenvalue weighted by molar-refractivity contribution is 5.81. The van der Waals surface area contributed by atoms with Gasteiger partial charge in [-0.05, 0) is 49.3 Å². The zero-order valence-corrected chi connectivity index (χ0v) is 20.2. The molecule has 1 heterocycles. The Morgan fingerprint density at radius 2 is 1.72 bits per heavy atom. The molecule has 2 aromatic carbocycles. The minimum atomic E-state index is -4.53. The van der Waals surface area contributed by atoms with Crippen molar-refractivity contribution in [2.75, 3.05) is 52.1 Å². The summed E-state index contributed by atoms with van der Waals surface area (Å²) >= 11 is 0. The summed E-state index contributed by atoms with van der Waals surface area (Å²) in [7, 11) is 3.62. The Balaban J connectivity index is 1.72. The first-order valence-electron chi connectivity index (χ1n) is 11.5. The van der Waals surface area contributed by atoms with Crippen LogP contribution in [0.4, 0.5) is 32.0 Å². The van der Waals surface area contributed by atoms with E-state index in [1.807, 2.05) is 19.0 Å². The lowest BCUT2D eigenvalue weighted by molar-refractivity contribution is -0.147. The smallest absolute Gasteiger partial charge is 0.376 e. The van der Waals surface area contributed by atoms with Gasteiger partial charge in [-0.3, -0.25) is 9.69 Å². The molecular weight excluding hydrogens is 486 g/mol. The lowest BCUT2D eigenvalue weighted by Crippen LogP contribution is -2.40. The average Bonchev–Trinajstić information content (AvgIpc) is 2.78. The number of hydrogen-bond acceptors (Lipinski definition) is 4. The van der Waals surface area contributed by atoms with E-state index in [0.29, 0.717) is 18.7 Å². The molecule has 1 aliphatic rings. The van der Waals surface area contributed by atoms with Gasteiger partial charge in [0.1, 0.15) is 0 Å². The number of carbonyl (C=O) groups excluding carboxylic acids is 1. The average molecular weight is 517 g/mol. The third-order valence-electron chi connectivity index (χ3n) is 6.03. The highest BCUT2D eigenvalue weighted by atomic mass is 19.4. The minimum absolute atomic E-state index is 0.0129. The molecule has 36 heavy (non-hydrogen) atoms. The molecule has 0 unspecified atom stereocenters. The third kappa shape index (κ3) is 7.86. The number of nitrogens with zero attached hydrogens (tertiary/aromatic N) is 3. The summed E-state index contributed by atoms with van der Waals surface area (Å²) in [5.74, 6) is -0.374. The number of fused-ring (bicyclic) bond motifs is 1. The monoisotopic (exact) mass is 516 g/mol. The predicted octanol–water partition coefficient (Wildman–Crippen LogP) is 4.63. The first-order chi connectivity index (χ1) is 16.8. The van der Waals surface area contributed by atoms with Gasteiger partial charge in [0.15, 0.2) is 0 Å². The molecule has 0 saturated heterocycles. The van der Waals surface area contributed by atoms with Gasteiger partial charge in [0, 0.05) is 38.4 Å². The number of hydrogen-bond donors (Lipinski definition) is 1. The van der Waals surface area contributed by atoms with Crippen LogP contribution < -0.4 is 5.32 Å². The van der Waals surface area contributed by atoms with E-state index in [-0.39, 0.29) is 44.2 Å². The largest absolute Gasteiger partial charge is 0.416 e. The summed E-state index contributed by atoms with van der Waals surface area (Å²) < 4.78 is 78.8. The Morgan fingerprint density at radius 1 is 1.00 bits per heavy atom. The molecule has 0 bridgehead atoms. The Labute approximate surface area is 206 Å². The molecule has 0 aliphatic carbocycles. The number of anilines is 1. The van der Waals surface area contributed by atoms with Crippen molar-refractivity contribution in [3.05, 3.63) is 64.7 Å². The summed E-state index contributed by atoms with van der Waals surface area (Å²) in [6, 6.07) is 10.4. The summed E-state index contributed by atoms with van der Waals surface area (Å²) in [5.41, 5.74) is 1.49. The predicted molar refractivity (Wildman–Crippen MR) is 125 cm³/mol. The topological polar surface area (TPSA) is 38.8 Å². The Hall–Kier alpha value is -2.79. The van der Waals surface area contributed by atoms with Crippen molar-refractivity contribution < 1.29 is 31.1 Å². The van der Waals surface area contributed by atoms with Crippen LogP contribution >= 0.6 is 0 Å². The van der Waals surface area contributed by atoms with Crippen LogP contribution in [-0.4, -0.2) is 73.6 Å². The Bertz CT molecular complexity index is 1040. The summed E-state index contributed by atoms with van der Waals surface area (Å²) in [6.45, 7) is -0.227. The molecule has 1 aliphatic heterocycles. The van der Waals surface area contributed by atoms with E-state index in [4.69, 9.17) is 0 Å². The molecule has 198 valence electrons. The van der Waals surface area contributed by atoms with Gasteiger partial charge in [0.25, 0.3) is 0 Å². The standard InChI is InChI=1S/C25H30F6N4O/c1-33(2)12-13-35(16-19-6-3-4-8-21(19)25(29,30)31)23(36)14-32-22-9-5-7-18-15-34(11-10-20(18)22)17-24(26,27)28/h3-9,32H,10-17H2,1-2H3. The van der Waals surface area contributed by atoms with Crippen molar-refractivity contribution in [2.24, 2.45) is 0 Å². The number of alkyl halides is 6. The maximum atomic E-state index is 13.5. The first kappa shape index (κ1) is 27.8. The Morgan fingerprint density at radius 3 is 2.39 bits per heavy atom. The zero-order valence-electron chi connectivity index (χ0n) is 20.2. The van der Waals surface area contributed by atoms with E-state index in [0.717, 1.165) is 17.2 Å². The van der Waals surface area contributed by atoms with Crippen LogP contribution in [0.2, 0.25) is 0 Å². The van der Waals surface area contributed by atoms with Crippen LogP contribution in [0, 0.1) is 0 Å². The van der Waals surface area contributed by atoms with Crippen LogP contribution in [0.5, 0.6) is 0 Å². The van der Waals surface area contributed by atoms with Crippen molar-refractivity contribution in [3.63, 3.8) is 0 Å². The summed E-state index contributed by atoms with van der Waals surface area (Å²) in [6.07, 6.45) is -8.42. The fourth-order valence-corrected chi connectivity index (χ4v) is 4.26. The number of nitrogens with one attached hydrogen (secondary N) is 1. The summed E-state index contributed by atoms with van der Waals surface area (Å²) in [4.78, 5) is 17.7. The highest BCUT2D eigenvalue weighted by Crippen LogP contribution is 2.32. The zero-order chi connectivity index (χ0) is 26.5. The fraction of sp³-hybridized carbons (Fsp3) is 0.480. The number of amides is 1. The second kappa shape index (κ2) is 11.5. The van der Waals surface area contributed by atoms with Crippen LogP contribution in [0.1, 0.15) is 22.3 Å². The molecule has 0 aromatic heterocycles. The van der Waals surface area contributed by atoms with Gasteiger partial charge in [-0.15, -0.1) is 0 Å². The molecule has 11 heteroatoms. The third-order valence-corrected chi connectivity index (χ3v) is 6.03. The summed E-state index contributed by atoms with van der Waals surface area (Å²) in [5, 5.41) is 3.07. The molecule has 0 atom stereocenters. The highest BCUT2D eigenvalue weighted by Gasteiger charge is 2.34. The molecular formula is C25H30F6N4O. The van der Waals surface area contributed by atoms with Gasteiger partial charge in [-0.1, -0.05) is 30.3 Å². The van der Waals surface area contributed by atoms with E-state index in [1.165, 1.54) is 28.0 Å². The van der Waals surface area contributed by atoms with Crippen LogP contribution in [0.3, 0.4) is 0 Å². The van der Waals surface area contributed by atoms with Gasteiger partial charge in [-0.25, -0.2) is 0 Å². The number of carbonyl (C=O) groups is 1. The lowest BCUT2D eigenvalue weighted by atomic mass is 9.97. The number of rotatable bonds is 9. The van der Waals surface area contributed by atoms with E-state index >= 15 is 0 Å². The van der Waals surface area contributed by atoms with Crippen LogP contribution in [-0.2, 0) is 30.5 Å². The maximum Gasteiger partial charge on any atom is 0.416 e. The number of halogens is 6. The fourth-order valence-electron chi connectivity index (χ4n) is 4.26. The molecule has 0 spiro atoms. The van der Waals surface area contributed by atoms with Crippen molar-refractivity contribution in [1.82, 2.24) is 14.7 Å². The van der Waals surface area contributed by atoms with Crippen molar-refractivity contribution in [3.8, 4) is 0 Å². The van der Waals surface area contributed by atoms with Crippen molar-refractivity contribution in [2.45, 2.75) is 31.9 Å². The van der Waals surface area contributed by atoms with E-state index in [1.54, 1.807) is 18.2 Å². The second-order valence-electron chi connectivity index (χ2n) is 9.15. The lowest BCUT2D eigenvalue weighted by Gasteiger charge is -2.31. The van der Waals surface area contributed by atoms with Gasteiger partial charge in [0.2, 0.25) is 5.91 Å². The van der Waals surface area contributed by atoms with Gasteiger partial charge in [-0.2, -0.15) is 26.3 Å². The van der Waals surface area contributed by atoms with Crippen LogP contribution in [0.25, 0.3) is 0 Å². The van der Waals surface area contributed by atoms with Gasteiger partial charge < -0.3 is 15.1 Å². The van der Waals surface area contributed by atoms with E-state index in [2.05, 4.69) is 5.32 Å². The molecule has 0 saturated carbocycles. The maximum absolute atomic E-state index is 13.5. The first-order valence-corrected chi connectivity index (χ1v) is 11.5. The Kier molecular flexibility index (Phi) is 8.89. The second-order valence-corrected chi connectivity index (χ2v) is 9.15. The molecule has 3 rings (SSSR count). The number of benzene rings is 2. The molecule has 1 amide bonds. The van der Waals surface area contributed by atoms with E-state index < -0.39 is 24.5 Å². The molecule has 0 fully saturated rings. The molecule has 0 radical (unpaired) electrons. The minimum Gasteiger partial charge on any atom is -0.376 e. The molecule has 2 aromatic rings. The van der Waals surface area contributed by atoms with Crippen molar-refractivity contribution in [1.29, 1.82) is 0 Å². The van der Waals surface area contributed by atoms with Crippen molar-refractivity contribution >= 4 is 11.6 Å². The number of likely N-dealkylation sites (N-methyl/N-ethyl adjacent to an activating group) is 1. The SMILES string of the molecule is CN(C)CCN(Cc1ccccc1C(F)(F)F)C(=O)CNc1cccc2c1CCN(CC(F)(F)F)C2. The quantitative estimate of drug-likeness (QED) is 0.494. The van der Waals surface area contributed by atoms with Crippen LogP contribution in [0.15, 0.2) is 42.5 Å². The molecule has 1 N–H and O–H groups in total.